The van der Waals surface area contributed by atoms with E-state index < -0.39 is 23.9 Å². The van der Waals surface area contributed by atoms with Gasteiger partial charge in [-0.15, -0.1) is 0 Å². The van der Waals surface area contributed by atoms with Crippen molar-refractivity contribution >= 4 is 97.9 Å². The molecule has 2 saturated heterocycles. The molecule has 0 aromatic carbocycles. The molecule has 100 heavy (non-hydrogen) atoms. The Bertz CT molecular complexity index is 2970. The summed E-state index contributed by atoms with van der Waals surface area (Å²) in [5.74, 6) is 2.30. The molecule has 0 bridgehead atoms. The Balaban J connectivity index is 0.000000510. The van der Waals surface area contributed by atoms with Crippen LogP contribution < -0.4 is 0 Å². The molecule has 6 heterocycles. The molecular formula is C68H102N10O16S6. The predicted octanol–water partition coefficient (Wildman–Crippen LogP) is 7.89. The molecule has 0 unspecified atom stereocenters. The highest BCUT2D eigenvalue weighted by molar-refractivity contribution is 8.03. The van der Waals surface area contributed by atoms with Gasteiger partial charge in [0.2, 0.25) is 0 Å². The fourth-order valence-corrected chi connectivity index (χ4v) is 12.7. The summed E-state index contributed by atoms with van der Waals surface area (Å²) in [6.07, 6.45) is 6.21. The number of thioether (sulfide) groups is 4. The summed E-state index contributed by atoms with van der Waals surface area (Å²) in [6.45, 7) is 13.5. The summed E-state index contributed by atoms with van der Waals surface area (Å²) in [6, 6.07) is 20.7. The van der Waals surface area contributed by atoms with Gasteiger partial charge < -0.3 is 57.6 Å². The Morgan fingerprint density at radius 1 is 0.430 bits per heavy atom. The number of carbonyl (C=O) groups excluding carboxylic acids is 2. The van der Waals surface area contributed by atoms with E-state index in [1.54, 1.807) is 24.3 Å². The molecule has 2 aliphatic rings. The van der Waals surface area contributed by atoms with Gasteiger partial charge >= 0.3 is 23.9 Å². The largest absolute Gasteiger partial charge is 0.477 e. The highest BCUT2D eigenvalue weighted by Crippen LogP contribution is 2.17. The zero-order valence-corrected chi connectivity index (χ0v) is 62.9. The summed E-state index contributed by atoms with van der Waals surface area (Å²) in [5, 5.41) is 40.4. The van der Waals surface area contributed by atoms with Crippen molar-refractivity contribution in [1.29, 1.82) is 10.5 Å². The van der Waals surface area contributed by atoms with Crippen molar-refractivity contribution in [1.82, 2.24) is 39.5 Å². The zero-order valence-electron chi connectivity index (χ0n) is 57.7. The average molecular weight is 1510 g/mol. The Hall–Kier alpha value is -4.92. The van der Waals surface area contributed by atoms with Crippen LogP contribution in [-0.4, -0.2) is 279 Å². The maximum absolute atomic E-state index is 12.0. The maximum Gasteiger partial charge on any atom is 0.356 e. The minimum Gasteiger partial charge on any atom is -0.477 e. The van der Waals surface area contributed by atoms with E-state index in [1.165, 1.54) is 49.9 Å². The third-order valence-electron chi connectivity index (χ3n) is 15.0. The Kier molecular flexibility index (Phi) is 51.3. The molecule has 2 fully saturated rings. The molecule has 4 aromatic heterocycles. The van der Waals surface area contributed by atoms with Gasteiger partial charge in [0.25, 0.3) is 0 Å². The lowest BCUT2D eigenvalue weighted by atomic mass is 10.2. The SMILES string of the molecule is COC(=O)c1cccc(CN2CCOCCOCCN(Cc3cccc(C(=O)OC)n3)CCO[C@H](CSCCCCCSC#N)COCC2)n1.N#CSCCCCCSC[C@@H]1COCCN(Cc2cccc(C(=O)O)n2)CCOCCOCCN(Cc2cccc(C(=O)O)n2)CCO1.S.S. The Labute approximate surface area is 620 Å². The van der Waals surface area contributed by atoms with Gasteiger partial charge in [-0.2, -0.15) is 61.0 Å². The van der Waals surface area contributed by atoms with Crippen molar-refractivity contribution in [3.8, 4) is 10.8 Å². The molecule has 32 heteroatoms. The smallest absolute Gasteiger partial charge is 0.356 e. The summed E-state index contributed by atoms with van der Waals surface area (Å²) in [5.41, 5.74) is 3.44. The van der Waals surface area contributed by atoms with Crippen molar-refractivity contribution in [3.63, 3.8) is 0 Å². The van der Waals surface area contributed by atoms with Crippen LogP contribution in [0.3, 0.4) is 0 Å². The first kappa shape index (κ1) is 89.3. The number of unbranched alkanes of at least 4 members (excludes halogenated alkanes) is 4. The van der Waals surface area contributed by atoms with E-state index in [9.17, 15) is 29.4 Å². The van der Waals surface area contributed by atoms with Crippen LogP contribution in [0.5, 0.6) is 0 Å². The number of rotatable bonds is 28. The van der Waals surface area contributed by atoms with Crippen LogP contribution in [0.25, 0.3) is 0 Å². The highest BCUT2D eigenvalue weighted by Gasteiger charge is 2.20. The number of ether oxygens (including phenoxy) is 10. The van der Waals surface area contributed by atoms with Gasteiger partial charge in [-0.1, -0.05) is 37.1 Å². The molecule has 26 nitrogen and oxygen atoms in total. The van der Waals surface area contributed by atoms with Gasteiger partial charge in [-0.3, -0.25) is 19.6 Å². The van der Waals surface area contributed by atoms with E-state index in [0.29, 0.717) is 182 Å². The lowest BCUT2D eigenvalue weighted by molar-refractivity contribution is -0.0238. The minimum atomic E-state index is -1.06. The molecule has 0 radical (unpaired) electrons. The topological polar surface area (TPSA) is 313 Å². The van der Waals surface area contributed by atoms with Gasteiger partial charge in [0.15, 0.2) is 0 Å². The van der Waals surface area contributed by atoms with Gasteiger partial charge in [0.1, 0.15) is 33.6 Å². The van der Waals surface area contributed by atoms with Crippen LogP contribution >= 0.6 is 74.0 Å². The first-order valence-electron chi connectivity index (χ1n) is 33.2. The molecule has 2 atom stereocenters. The van der Waals surface area contributed by atoms with Gasteiger partial charge in [0, 0.05) is 102 Å². The van der Waals surface area contributed by atoms with Crippen LogP contribution in [0.1, 0.15) is 103 Å². The van der Waals surface area contributed by atoms with Crippen LogP contribution in [0.15, 0.2) is 72.8 Å². The van der Waals surface area contributed by atoms with E-state index in [-0.39, 0.29) is 62.0 Å². The second kappa shape index (κ2) is 57.5. The lowest BCUT2D eigenvalue weighted by Gasteiger charge is -2.25. The number of nitrogens with zero attached hydrogens (tertiary/aromatic N) is 10. The fourth-order valence-electron chi connectivity index (χ4n) is 9.79. The van der Waals surface area contributed by atoms with Crippen molar-refractivity contribution in [2.75, 3.05) is 194 Å². The van der Waals surface area contributed by atoms with Crippen molar-refractivity contribution in [2.24, 2.45) is 0 Å². The number of carboxylic acid groups (broad SMARTS) is 2. The van der Waals surface area contributed by atoms with E-state index in [1.807, 2.05) is 59.9 Å². The second-order valence-corrected chi connectivity index (χ2v) is 26.5. The molecule has 0 spiro atoms. The maximum atomic E-state index is 12.0. The number of pyridine rings is 4. The number of carbonyl (C=O) groups is 4. The number of hydrogen-bond acceptors (Lipinski definition) is 28. The fraction of sp³-hybridized carbons (Fsp3) is 0.618. The standard InChI is InChI=1S/C35H51N5O8S2.C33H47N5O8S2.2H2S/c1-43-34(41)32-10-6-8-29(37-32)24-39-12-16-45-20-21-46-17-13-40(25-30-9-7-11-33(38-30)35(42)44-2)15-19-48-31(26-47-18-14-39)27-49-22-4-3-5-23-50-28-36;34-26-48-21-3-1-2-20-47-25-29-24-45-16-12-37(22-27-6-4-8-30(35-27)32(39)40)10-14-43-18-19-44-15-11-38(13-17-46-29)23-28-7-5-9-31(36-28)33(41)42;;/h6-11,31H,3-5,12-27H2,1-2H3;4-9,29H,1-3,10-25H2,(H,39,40)(H,41,42);2*1H2/t31-;29-;;/m00../s1. The predicted molar refractivity (Wildman–Crippen MR) is 398 cm³/mol. The van der Waals surface area contributed by atoms with Crippen LogP contribution in [-0.2, 0) is 73.5 Å². The number of esters is 2. The van der Waals surface area contributed by atoms with Gasteiger partial charge in [0.05, 0.1) is 142 Å². The molecule has 556 valence electrons. The van der Waals surface area contributed by atoms with Crippen molar-refractivity contribution in [2.45, 2.75) is 76.9 Å². The Morgan fingerprint density at radius 2 is 0.720 bits per heavy atom. The van der Waals surface area contributed by atoms with Gasteiger partial charge in [-0.05, 0) is 109 Å². The average Bonchev–Trinajstić information content (AvgIpc) is 0.919. The number of nitriles is 2. The van der Waals surface area contributed by atoms with Crippen molar-refractivity contribution < 1.29 is 76.8 Å². The number of aromatic nitrogens is 4. The quantitative estimate of drug-likeness (QED) is 0.0310. The molecule has 2 aliphatic heterocycles. The highest BCUT2D eigenvalue weighted by atomic mass is 32.2. The van der Waals surface area contributed by atoms with Crippen LogP contribution in [0.2, 0.25) is 0 Å². The third kappa shape index (κ3) is 40.8. The van der Waals surface area contributed by atoms with Gasteiger partial charge in [-0.25, -0.2) is 39.1 Å². The normalized spacial score (nSPS) is 17.8. The number of aromatic carboxylic acids is 2. The van der Waals surface area contributed by atoms with E-state index in [2.05, 4.69) is 50.3 Å². The second-order valence-electron chi connectivity index (χ2n) is 22.5. The summed E-state index contributed by atoms with van der Waals surface area (Å²) in [4.78, 5) is 73.1. The number of hydrogen-bond donors (Lipinski definition) is 2. The van der Waals surface area contributed by atoms with Crippen LogP contribution in [0, 0.1) is 21.3 Å². The number of thiocyanates is 2. The van der Waals surface area contributed by atoms with Crippen molar-refractivity contribution in [3.05, 3.63) is 118 Å². The first-order chi connectivity index (χ1) is 48.0. The number of methoxy groups -OCH3 is 2. The molecule has 4 aromatic rings. The molecule has 6 rings (SSSR count). The molecule has 0 aliphatic carbocycles. The van der Waals surface area contributed by atoms with E-state index in [0.717, 1.165) is 84.4 Å². The Morgan fingerprint density at radius 3 is 1.03 bits per heavy atom. The lowest BCUT2D eigenvalue weighted by Crippen LogP contribution is -2.35. The summed E-state index contributed by atoms with van der Waals surface area (Å²) < 4.78 is 58.3. The van der Waals surface area contributed by atoms with E-state index in [4.69, 9.17) is 57.9 Å². The number of carboxylic acids is 2. The first-order valence-corrected chi connectivity index (χ1v) is 37.5. The molecule has 2 N–H and O–H groups in total. The third-order valence-corrected chi connectivity index (χ3v) is 18.6. The van der Waals surface area contributed by atoms with Crippen LogP contribution in [0.4, 0.5) is 0 Å². The summed E-state index contributed by atoms with van der Waals surface area (Å²) in [7, 11) is 2.69. The molecule has 0 saturated carbocycles. The monoisotopic (exact) mass is 1510 g/mol. The minimum absolute atomic E-state index is 0. The van der Waals surface area contributed by atoms with E-state index >= 15 is 0 Å². The molecule has 0 amide bonds. The summed E-state index contributed by atoms with van der Waals surface area (Å²) >= 11 is 6.31. The molecular weight excluding hydrogens is 1410 g/mol. The zero-order chi connectivity index (χ0) is 69.9.